The molecule has 0 bridgehead atoms. The first-order valence-electron chi connectivity index (χ1n) is 18.7. The van der Waals surface area contributed by atoms with Gasteiger partial charge in [-0.1, -0.05) is 188 Å². The van der Waals surface area contributed by atoms with Gasteiger partial charge in [-0.3, -0.25) is 0 Å². The van der Waals surface area contributed by atoms with Crippen molar-refractivity contribution in [2.24, 2.45) is 0 Å². The molecule has 0 spiro atoms. The average Bonchev–Trinajstić information content (AvgIpc) is 3.56. The van der Waals surface area contributed by atoms with E-state index in [0.29, 0.717) is 0 Å². The highest BCUT2D eigenvalue weighted by Gasteiger charge is 2.48. The Bertz CT molecular complexity index is 2700. The van der Waals surface area contributed by atoms with Crippen molar-refractivity contribution in [1.82, 2.24) is 0 Å². The molecule has 0 fully saturated rings. The maximum atomic E-state index is 2.47. The third-order valence-corrected chi connectivity index (χ3v) is 16.0. The summed E-state index contributed by atoms with van der Waals surface area (Å²) in [5.74, 6) is 0. The molecule has 1 heterocycles. The van der Waals surface area contributed by atoms with Crippen molar-refractivity contribution in [3.05, 3.63) is 224 Å². The van der Waals surface area contributed by atoms with Crippen LogP contribution in [-0.4, -0.2) is 8.07 Å². The maximum absolute atomic E-state index is 2.66. The summed E-state index contributed by atoms with van der Waals surface area (Å²) >= 11 is 0. The van der Waals surface area contributed by atoms with Crippen LogP contribution in [0, 0.1) is 0 Å². The second-order valence-electron chi connectivity index (χ2n) is 14.1. The smallest absolute Gasteiger partial charge is 0.180 e. The number of hydrogen-bond acceptors (Lipinski definition) is 1. The van der Waals surface area contributed by atoms with E-state index in [1.54, 1.807) is 0 Å². The number of hydrogen-bond donors (Lipinski definition) is 0. The van der Waals surface area contributed by atoms with Crippen molar-refractivity contribution in [2.45, 2.75) is 0 Å². The zero-order chi connectivity index (χ0) is 35.9. The number of rotatable bonds is 7. The summed E-state index contributed by atoms with van der Waals surface area (Å²) < 4.78 is 0. The molecule has 0 unspecified atom stereocenters. The van der Waals surface area contributed by atoms with Gasteiger partial charge in [0.05, 0.1) is 0 Å². The van der Waals surface area contributed by atoms with E-state index in [1.165, 1.54) is 64.9 Å². The lowest BCUT2D eigenvalue weighted by atomic mass is 9.98. The Labute approximate surface area is 318 Å². The first-order valence-corrected chi connectivity index (χ1v) is 20.7. The van der Waals surface area contributed by atoms with Crippen molar-refractivity contribution >= 4 is 56.7 Å². The van der Waals surface area contributed by atoms with Crippen molar-refractivity contribution < 1.29 is 0 Å². The fraction of sp³-hybridized carbons (Fsp3) is 0. The summed E-state index contributed by atoms with van der Waals surface area (Å²) in [5.41, 5.74) is 11.0. The van der Waals surface area contributed by atoms with Gasteiger partial charge in [0.2, 0.25) is 0 Å². The lowest BCUT2D eigenvalue weighted by Crippen LogP contribution is -2.72. The zero-order valence-electron chi connectivity index (χ0n) is 29.8. The second kappa shape index (κ2) is 13.3. The number of anilines is 3. The van der Waals surface area contributed by atoms with Gasteiger partial charge in [0, 0.05) is 17.1 Å². The first-order chi connectivity index (χ1) is 26.8. The zero-order valence-corrected chi connectivity index (χ0v) is 30.8. The normalized spacial score (nSPS) is 12.6. The lowest BCUT2D eigenvalue weighted by molar-refractivity contribution is 1.29. The highest BCUT2D eigenvalue weighted by atomic mass is 28.3. The molecule has 2 heteroatoms. The Morgan fingerprint density at radius 3 is 1.46 bits per heavy atom. The molecular weight excluding hydrogens is 667 g/mol. The largest absolute Gasteiger partial charge is 0.311 e. The van der Waals surface area contributed by atoms with Crippen molar-refractivity contribution in [1.29, 1.82) is 0 Å². The molecule has 9 aromatic carbocycles. The molecular formula is C52H37NSi. The molecule has 0 atom stereocenters. The molecule has 0 aromatic heterocycles. The Balaban J connectivity index is 1.16. The predicted molar refractivity (Wildman–Crippen MR) is 232 cm³/mol. The van der Waals surface area contributed by atoms with E-state index in [-0.39, 0.29) is 0 Å². The van der Waals surface area contributed by atoms with Gasteiger partial charge >= 0.3 is 0 Å². The predicted octanol–water partition coefficient (Wildman–Crippen LogP) is 11.0. The van der Waals surface area contributed by atoms with E-state index in [9.17, 15) is 0 Å². The van der Waals surface area contributed by atoms with Crippen LogP contribution in [0.5, 0.6) is 0 Å². The molecule has 10 rings (SSSR count). The van der Waals surface area contributed by atoms with E-state index in [4.69, 9.17) is 0 Å². The van der Waals surface area contributed by atoms with Gasteiger partial charge in [-0.2, -0.15) is 0 Å². The summed E-state index contributed by atoms with van der Waals surface area (Å²) in [4.78, 5) is 2.42. The van der Waals surface area contributed by atoms with Crippen molar-refractivity contribution in [3.63, 3.8) is 0 Å². The van der Waals surface area contributed by atoms with Crippen LogP contribution in [0.2, 0.25) is 0 Å². The van der Waals surface area contributed by atoms with Gasteiger partial charge in [0.15, 0.2) is 8.07 Å². The molecule has 0 radical (unpaired) electrons. The highest BCUT2D eigenvalue weighted by Crippen LogP contribution is 2.38. The molecule has 1 aliphatic rings. The SMILES string of the molecule is c1ccc(-c2ccc(N(c3ccc(-c4cccc5ccccc45)cc3)c3cccc([Si]4(c5ccccc5)c5ccccc5-c5ccccc54)c3)cc2)cc1. The fourth-order valence-electron chi connectivity index (χ4n) is 8.74. The number of fused-ring (bicyclic) bond motifs is 4. The summed E-state index contributed by atoms with van der Waals surface area (Å²) in [7, 11) is -2.66. The van der Waals surface area contributed by atoms with E-state index >= 15 is 0 Å². The quantitative estimate of drug-likeness (QED) is 0.149. The summed E-state index contributed by atoms with van der Waals surface area (Å²) in [6, 6.07) is 82.8. The van der Waals surface area contributed by atoms with E-state index in [0.717, 1.165) is 17.1 Å². The number of benzene rings is 9. The molecule has 0 N–H and O–H groups in total. The molecule has 0 saturated heterocycles. The molecule has 1 aliphatic heterocycles. The van der Waals surface area contributed by atoms with Crippen molar-refractivity contribution in [2.75, 3.05) is 4.90 Å². The van der Waals surface area contributed by atoms with Gasteiger partial charge in [0.25, 0.3) is 0 Å². The van der Waals surface area contributed by atoms with Gasteiger partial charge < -0.3 is 4.90 Å². The second-order valence-corrected chi connectivity index (χ2v) is 17.8. The van der Waals surface area contributed by atoms with E-state index < -0.39 is 8.07 Å². The number of nitrogens with zero attached hydrogens (tertiary/aromatic N) is 1. The van der Waals surface area contributed by atoms with E-state index in [2.05, 4.69) is 229 Å². The summed E-state index contributed by atoms with van der Waals surface area (Å²) in [6.45, 7) is 0. The molecule has 54 heavy (non-hydrogen) atoms. The van der Waals surface area contributed by atoms with Crippen LogP contribution in [0.25, 0.3) is 44.2 Å². The van der Waals surface area contributed by atoms with Gasteiger partial charge in [0.1, 0.15) is 0 Å². The Morgan fingerprint density at radius 2 is 0.778 bits per heavy atom. The minimum atomic E-state index is -2.66. The summed E-state index contributed by atoms with van der Waals surface area (Å²) in [5, 5.41) is 8.20. The van der Waals surface area contributed by atoms with Crippen LogP contribution in [0.3, 0.4) is 0 Å². The van der Waals surface area contributed by atoms with E-state index in [1.807, 2.05) is 0 Å². The molecule has 0 aliphatic carbocycles. The molecule has 0 saturated carbocycles. The van der Waals surface area contributed by atoms with Crippen LogP contribution in [0.4, 0.5) is 17.1 Å². The topological polar surface area (TPSA) is 3.24 Å². The molecule has 0 amide bonds. The lowest BCUT2D eigenvalue weighted by Gasteiger charge is -2.33. The van der Waals surface area contributed by atoms with Gasteiger partial charge in [-0.25, -0.2) is 0 Å². The highest BCUT2D eigenvalue weighted by molar-refractivity contribution is 7.22. The fourth-order valence-corrected chi connectivity index (χ4v) is 13.9. The Kier molecular flexibility index (Phi) is 7.90. The van der Waals surface area contributed by atoms with Crippen LogP contribution in [0.1, 0.15) is 0 Å². The van der Waals surface area contributed by atoms with Crippen LogP contribution in [0.15, 0.2) is 224 Å². The summed E-state index contributed by atoms with van der Waals surface area (Å²) in [6.07, 6.45) is 0. The molecule has 9 aromatic rings. The third-order valence-electron chi connectivity index (χ3n) is 11.2. The Morgan fingerprint density at radius 1 is 0.296 bits per heavy atom. The monoisotopic (exact) mass is 703 g/mol. The standard InChI is InChI=1S/C52H37NSi/c1-3-15-38(16-4-1)39-29-33-42(34-30-39)53(43-35-31-41(32-36-43)48-26-13-18-40-17-7-8-23-47(40)48)44-19-14-22-46(37-44)54(45-20-5-2-6-21-45)51-27-11-9-24-49(51)50-25-10-12-28-52(50)54/h1-37H. The molecule has 1 nitrogen and oxygen atoms in total. The van der Waals surface area contributed by atoms with Crippen molar-refractivity contribution in [3.8, 4) is 33.4 Å². The molecule has 254 valence electrons. The minimum Gasteiger partial charge on any atom is -0.311 e. The first kappa shape index (κ1) is 31.9. The van der Waals surface area contributed by atoms with Crippen LogP contribution in [-0.2, 0) is 0 Å². The average molecular weight is 704 g/mol. The van der Waals surface area contributed by atoms with Crippen LogP contribution >= 0.6 is 0 Å². The Hall–Kier alpha value is -6.74. The minimum absolute atomic E-state index is 1.12. The van der Waals surface area contributed by atoms with Gasteiger partial charge in [-0.15, -0.1) is 0 Å². The third kappa shape index (κ3) is 5.22. The maximum Gasteiger partial charge on any atom is 0.180 e. The van der Waals surface area contributed by atoms with Gasteiger partial charge in [-0.05, 0) is 101 Å². The van der Waals surface area contributed by atoms with Crippen LogP contribution < -0.4 is 25.6 Å².